The van der Waals surface area contributed by atoms with E-state index in [4.69, 9.17) is 4.74 Å². The highest BCUT2D eigenvalue weighted by molar-refractivity contribution is 5.58. The highest BCUT2D eigenvalue weighted by Crippen LogP contribution is 2.19. The molecule has 1 aliphatic heterocycles. The van der Waals surface area contributed by atoms with Gasteiger partial charge in [0.1, 0.15) is 17.2 Å². The van der Waals surface area contributed by atoms with Crippen LogP contribution in [0.3, 0.4) is 0 Å². The number of rotatable bonds is 4. The first kappa shape index (κ1) is 15.0. The van der Waals surface area contributed by atoms with Crippen molar-refractivity contribution in [3.63, 3.8) is 0 Å². The van der Waals surface area contributed by atoms with Crippen LogP contribution in [0.5, 0.6) is 0 Å². The Bertz CT molecular complexity index is 833. The topological polar surface area (TPSA) is 76.4 Å². The van der Waals surface area contributed by atoms with Crippen LogP contribution in [0.1, 0.15) is 6.42 Å². The number of ether oxygens (including phenoxy) is 1. The number of fused-ring (bicyclic) bond motifs is 1. The Hall–Kier alpha value is -2.51. The number of hydrogen-bond acceptors (Lipinski definition) is 6. The quantitative estimate of drug-likeness (QED) is 0.759. The number of nitrogens with one attached hydrogen (secondary N) is 2. The van der Waals surface area contributed by atoms with Crippen LogP contribution >= 0.6 is 0 Å². The Balaban J connectivity index is 1.62. The summed E-state index contributed by atoms with van der Waals surface area (Å²) in [5.41, 5.74) is 1.75. The average Bonchev–Trinajstić information content (AvgIpc) is 3.06. The van der Waals surface area contributed by atoms with Crippen molar-refractivity contribution in [3.8, 4) is 11.5 Å². The molecular formula is C17H20N6O. The fourth-order valence-electron chi connectivity index (χ4n) is 3.11. The van der Waals surface area contributed by atoms with Crippen LogP contribution < -0.4 is 10.6 Å². The number of nitrogens with zero attached hydrogens (tertiary/aromatic N) is 4. The lowest BCUT2D eigenvalue weighted by molar-refractivity contribution is 0.0664. The molecule has 0 bridgehead atoms. The van der Waals surface area contributed by atoms with Crippen LogP contribution in [0.2, 0.25) is 0 Å². The van der Waals surface area contributed by atoms with Gasteiger partial charge in [0.15, 0.2) is 5.82 Å². The van der Waals surface area contributed by atoms with Crippen LogP contribution in [0.25, 0.3) is 17.2 Å². The molecule has 2 atom stereocenters. The molecule has 4 heterocycles. The maximum absolute atomic E-state index is 5.58. The first-order chi connectivity index (χ1) is 11.8. The number of pyridine rings is 1. The van der Waals surface area contributed by atoms with Crippen molar-refractivity contribution >= 4 is 11.5 Å². The van der Waals surface area contributed by atoms with E-state index in [-0.39, 0.29) is 12.1 Å². The molecule has 7 heteroatoms. The zero-order valence-electron chi connectivity index (χ0n) is 13.5. The molecule has 0 saturated carbocycles. The summed E-state index contributed by atoms with van der Waals surface area (Å²) in [5.74, 6) is 1.44. The third-order valence-corrected chi connectivity index (χ3v) is 4.36. The lowest BCUT2D eigenvalue weighted by atomic mass is 10.0. The third kappa shape index (κ3) is 2.83. The van der Waals surface area contributed by atoms with E-state index < -0.39 is 0 Å². The van der Waals surface area contributed by atoms with Crippen molar-refractivity contribution in [1.29, 1.82) is 0 Å². The molecule has 24 heavy (non-hydrogen) atoms. The maximum Gasteiger partial charge on any atom is 0.180 e. The molecule has 0 amide bonds. The molecule has 3 aromatic heterocycles. The molecule has 0 aliphatic carbocycles. The summed E-state index contributed by atoms with van der Waals surface area (Å²) in [6.07, 6.45) is 6.70. The van der Waals surface area contributed by atoms with Gasteiger partial charge in [0.2, 0.25) is 0 Å². The molecule has 3 aromatic rings. The van der Waals surface area contributed by atoms with E-state index >= 15 is 0 Å². The van der Waals surface area contributed by atoms with Gasteiger partial charge in [-0.25, -0.2) is 15.0 Å². The van der Waals surface area contributed by atoms with Gasteiger partial charge in [0.25, 0.3) is 0 Å². The van der Waals surface area contributed by atoms with E-state index in [1.807, 2.05) is 34.9 Å². The summed E-state index contributed by atoms with van der Waals surface area (Å²) in [4.78, 5) is 13.5. The minimum absolute atomic E-state index is 0.181. The minimum Gasteiger partial charge on any atom is -0.379 e. The normalized spacial score (nSPS) is 21.0. The Morgan fingerprint density at radius 1 is 1.29 bits per heavy atom. The van der Waals surface area contributed by atoms with Crippen molar-refractivity contribution < 1.29 is 4.74 Å². The first-order valence-electron chi connectivity index (χ1n) is 8.11. The molecular weight excluding hydrogens is 304 g/mol. The molecule has 4 rings (SSSR count). The van der Waals surface area contributed by atoms with Crippen molar-refractivity contribution in [2.75, 3.05) is 25.5 Å². The van der Waals surface area contributed by atoms with Crippen molar-refractivity contribution in [3.05, 3.63) is 42.9 Å². The Kier molecular flexibility index (Phi) is 4.10. The van der Waals surface area contributed by atoms with Gasteiger partial charge in [0, 0.05) is 26.0 Å². The Morgan fingerprint density at radius 3 is 3.17 bits per heavy atom. The standard InChI is InChI=1S/C17H20N6O/c1-24-14-5-7-18-10-12(14)21-15-6-8-19-17(22-15)13-11-20-16-4-2-3-9-23(13)16/h2-4,6,8-9,11-12,14,18H,5,7,10H2,1H3,(H,19,21,22)/t12-,14-/m0/s1. The largest absolute Gasteiger partial charge is 0.379 e. The van der Waals surface area contributed by atoms with Crippen molar-refractivity contribution in [2.45, 2.75) is 18.6 Å². The maximum atomic E-state index is 5.58. The molecule has 124 valence electrons. The van der Waals surface area contributed by atoms with Crippen LogP contribution in [-0.4, -0.2) is 51.7 Å². The summed E-state index contributed by atoms with van der Waals surface area (Å²) in [6, 6.07) is 7.97. The summed E-state index contributed by atoms with van der Waals surface area (Å²) in [7, 11) is 1.76. The van der Waals surface area contributed by atoms with Gasteiger partial charge in [-0.15, -0.1) is 0 Å². The van der Waals surface area contributed by atoms with Gasteiger partial charge in [-0.2, -0.15) is 0 Å². The molecule has 0 radical (unpaired) electrons. The number of imidazole rings is 1. The lowest BCUT2D eigenvalue weighted by Gasteiger charge is -2.32. The molecule has 1 fully saturated rings. The van der Waals surface area contributed by atoms with Crippen LogP contribution in [0, 0.1) is 0 Å². The molecule has 2 N–H and O–H groups in total. The fraction of sp³-hybridized carbons (Fsp3) is 0.353. The van der Waals surface area contributed by atoms with E-state index in [0.717, 1.165) is 36.7 Å². The number of methoxy groups -OCH3 is 1. The van der Waals surface area contributed by atoms with Crippen molar-refractivity contribution in [1.82, 2.24) is 24.7 Å². The summed E-state index contributed by atoms with van der Waals surface area (Å²) < 4.78 is 7.56. The second-order valence-electron chi connectivity index (χ2n) is 5.86. The van der Waals surface area contributed by atoms with Gasteiger partial charge in [-0.1, -0.05) is 6.07 Å². The fourth-order valence-corrected chi connectivity index (χ4v) is 3.11. The monoisotopic (exact) mass is 324 g/mol. The van der Waals surface area contributed by atoms with E-state index in [0.29, 0.717) is 5.82 Å². The third-order valence-electron chi connectivity index (χ3n) is 4.36. The van der Waals surface area contributed by atoms with Crippen LogP contribution in [0.15, 0.2) is 42.9 Å². The summed E-state index contributed by atoms with van der Waals surface area (Å²) in [6.45, 7) is 1.83. The SMILES string of the molecule is CO[C@H]1CCNC[C@@H]1Nc1ccnc(-c2cnc3ccccn23)n1. The smallest absolute Gasteiger partial charge is 0.180 e. The van der Waals surface area contributed by atoms with Gasteiger partial charge in [0.05, 0.1) is 18.3 Å². The highest BCUT2D eigenvalue weighted by Gasteiger charge is 2.25. The van der Waals surface area contributed by atoms with Gasteiger partial charge >= 0.3 is 0 Å². The highest BCUT2D eigenvalue weighted by atomic mass is 16.5. The second-order valence-corrected chi connectivity index (χ2v) is 5.86. The number of anilines is 1. The van der Waals surface area contributed by atoms with E-state index in [1.54, 1.807) is 19.5 Å². The van der Waals surface area contributed by atoms with Gasteiger partial charge < -0.3 is 15.4 Å². The van der Waals surface area contributed by atoms with E-state index in [9.17, 15) is 0 Å². The van der Waals surface area contributed by atoms with E-state index in [2.05, 4.69) is 25.6 Å². The predicted octanol–water partition coefficient (Wildman–Crippen LogP) is 1.58. The van der Waals surface area contributed by atoms with Gasteiger partial charge in [-0.05, 0) is 31.2 Å². The average molecular weight is 324 g/mol. The first-order valence-corrected chi connectivity index (χ1v) is 8.11. The molecule has 0 spiro atoms. The molecule has 1 saturated heterocycles. The Labute approximate surface area is 140 Å². The number of piperidine rings is 1. The Morgan fingerprint density at radius 2 is 2.25 bits per heavy atom. The van der Waals surface area contributed by atoms with E-state index in [1.165, 1.54) is 0 Å². The zero-order valence-corrected chi connectivity index (χ0v) is 13.5. The van der Waals surface area contributed by atoms with Gasteiger partial charge in [-0.3, -0.25) is 4.40 Å². The second kappa shape index (κ2) is 6.54. The molecule has 0 unspecified atom stereocenters. The summed E-state index contributed by atoms with van der Waals surface area (Å²) in [5, 5.41) is 6.85. The lowest BCUT2D eigenvalue weighted by Crippen LogP contribution is -2.49. The minimum atomic E-state index is 0.181. The summed E-state index contributed by atoms with van der Waals surface area (Å²) >= 11 is 0. The van der Waals surface area contributed by atoms with Crippen LogP contribution in [-0.2, 0) is 4.74 Å². The van der Waals surface area contributed by atoms with Crippen molar-refractivity contribution in [2.24, 2.45) is 0 Å². The molecule has 0 aromatic carbocycles. The van der Waals surface area contributed by atoms with Crippen LogP contribution in [0.4, 0.5) is 5.82 Å². The number of hydrogen-bond donors (Lipinski definition) is 2. The molecule has 1 aliphatic rings. The molecule has 7 nitrogen and oxygen atoms in total. The predicted molar refractivity (Wildman–Crippen MR) is 91.9 cm³/mol. The number of aromatic nitrogens is 4. The zero-order chi connectivity index (χ0) is 16.4.